The van der Waals surface area contributed by atoms with Crippen LogP contribution in [0.4, 0.5) is 5.69 Å². The maximum atomic E-state index is 13.3. The van der Waals surface area contributed by atoms with E-state index in [1.165, 1.54) is 4.90 Å². The van der Waals surface area contributed by atoms with Crippen molar-refractivity contribution >= 4 is 35.3 Å². The highest BCUT2D eigenvalue weighted by Gasteiger charge is 2.39. The molecule has 14 heteroatoms. The van der Waals surface area contributed by atoms with Gasteiger partial charge in [-0.1, -0.05) is 36.3 Å². The third kappa shape index (κ3) is 6.49. The fraction of sp³-hybridized carbons (Fsp3) is 0.500. The topological polar surface area (TPSA) is 199 Å². The summed E-state index contributed by atoms with van der Waals surface area (Å²) in [6.45, 7) is -0.346. The molecule has 0 bridgehead atoms. The lowest BCUT2D eigenvalue weighted by Crippen LogP contribution is -2.54. The van der Waals surface area contributed by atoms with Gasteiger partial charge in [-0.2, -0.15) is 5.21 Å². The summed E-state index contributed by atoms with van der Waals surface area (Å²) in [7, 11) is 0. The highest BCUT2D eigenvalue weighted by Crippen LogP contribution is 2.32. The minimum absolute atomic E-state index is 0.0333. The lowest BCUT2D eigenvalue weighted by Gasteiger charge is -2.27. The summed E-state index contributed by atoms with van der Waals surface area (Å²) in [6, 6.07) is 5.47. The van der Waals surface area contributed by atoms with Crippen LogP contribution in [0.15, 0.2) is 24.3 Å². The number of carbonyl (C=O) groups is 5. The SMILES string of the molecule is O=C(O)CCC(=O)NC(C(=O)NCC(=O)N1c2ccccc2C[C@H]1C(=O)NCc1nn[nH]n1)C1CCCC1. The van der Waals surface area contributed by atoms with Gasteiger partial charge in [-0.05, 0) is 30.4 Å². The van der Waals surface area contributed by atoms with Crippen LogP contribution in [0.3, 0.4) is 0 Å². The van der Waals surface area contributed by atoms with Crippen molar-refractivity contribution in [2.45, 2.75) is 63.6 Å². The zero-order valence-corrected chi connectivity index (χ0v) is 20.7. The molecule has 2 aliphatic rings. The molecule has 2 aromatic rings. The second kappa shape index (κ2) is 12.3. The molecule has 4 rings (SSSR count). The summed E-state index contributed by atoms with van der Waals surface area (Å²) in [6.07, 6.45) is 3.05. The number of rotatable bonds is 11. The molecule has 4 amide bonds. The van der Waals surface area contributed by atoms with Gasteiger partial charge in [0, 0.05) is 18.5 Å². The molecule has 1 saturated carbocycles. The zero-order valence-electron chi connectivity index (χ0n) is 20.7. The van der Waals surface area contributed by atoms with Gasteiger partial charge >= 0.3 is 5.97 Å². The van der Waals surface area contributed by atoms with Gasteiger partial charge in [0.15, 0.2) is 5.82 Å². The molecule has 1 aliphatic heterocycles. The Morgan fingerprint density at radius 3 is 2.55 bits per heavy atom. The highest BCUT2D eigenvalue weighted by molar-refractivity contribution is 6.05. The Labute approximate surface area is 217 Å². The first-order valence-electron chi connectivity index (χ1n) is 12.5. The van der Waals surface area contributed by atoms with Gasteiger partial charge < -0.3 is 21.1 Å². The van der Waals surface area contributed by atoms with Gasteiger partial charge in [-0.25, -0.2) is 0 Å². The van der Waals surface area contributed by atoms with Gasteiger partial charge in [0.25, 0.3) is 0 Å². The number of aromatic amines is 1. The molecule has 1 aromatic carbocycles. The average Bonchev–Trinajstić information content (AvgIpc) is 3.68. The van der Waals surface area contributed by atoms with E-state index in [1.807, 2.05) is 12.1 Å². The number of tetrazole rings is 1. The number of hydrogen-bond donors (Lipinski definition) is 5. The van der Waals surface area contributed by atoms with E-state index in [9.17, 15) is 24.0 Å². The number of carbonyl (C=O) groups excluding carboxylic acids is 4. The molecule has 1 unspecified atom stereocenters. The van der Waals surface area contributed by atoms with Crippen LogP contribution in [-0.2, 0) is 36.9 Å². The van der Waals surface area contributed by atoms with Crippen LogP contribution in [0, 0.1) is 5.92 Å². The molecule has 14 nitrogen and oxygen atoms in total. The number of nitrogens with one attached hydrogen (secondary N) is 4. The van der Waals surface area contributed by atoms with Crippen molar-refractivity contribution in [3.63, 3.8) is 0 Å². The second-order valence-electron chi connectivity index (χ2n) is 9.36. The molecule has 2 atom stereocenters. The number of aromatic nitrogens is 4. The van der Waals surface area contributed by atoms with Crippen LogP contribution in [-0.4, -0.2) is 74.0 Å². The summed E-state index contributed by atoms with van der Waals surface area (Å²) in [5, 5.41) is 30.2. The van der Waals surface area contributed by atoms with Crippen molar-refractivity contribution in [3.8, 4) is 0 Å². The van der Waals surface area contributed by atoms with Gasteiger partial charge in [0.05, 0.1) is 19.5 Å². The van der Waals surface area contributed by atoms with Gasteiger partial charge in [-0.15, -0.1) is 10.2 Å². The van der Waals surface area contributed by atoms with E-state index in [2.05, 4.69) is 36.6 Å². The van der Waals surface area contributed by atoms with Crippen LogP contribution >= 0.6 is 0 Å². The number of benzene rings is 1. The molecule has 0 radical (unpaired) electrons. The summed E-state index contributed by atoms with van der Waals surface area (Å²) >= 11 is 0. The van der Waals surface area contributed by atoms with Crippen molar-refractivity contribution in [1.82, 2.24) is 36.6 Å². The van der Waals surface area contributed by atoms with Crippen LogP contribution in [0.25, 0.3) is 0 Å². The monoisotopic (exact) mass is 526 g/mol. The van der Waals surface area contributed by atoms with E-state index in [1.54, 1.807) is 12.1 Å². The number of para-hydroxylation sites is 1. The van der Waals surface area contributed by atoms with E-state index < -0.39 is 41.7 Å². The Kier molecular flexibility index (Phi) is 8.61. The van der Waals surface area contributed by atoms with E-state index in [4.69, 9.17) is 5.11 Å². The summed E-state index contributed by atoms with van der Waals surface area (Å²) in [5.74, 6) is -2.84. The van der Waals surface area contributed by atoms with Crippen LogP contribution in [0.5, 0.6) is 0 Å². The quantitative estimate of drug-likeness (QED) is 0.254. The highest BCUT2D eigenvalue weighted by atomic mass is 16.4. The Balaban J connectivity index is 1.41. The number of hydrogen-bond acceptors (Lipinski definition) is 8. The molecule has 2 heterocycles. The predicted molar refractivity (Wildman–Crippen MR) is 131 cm³/mol. The van der Waals surface area contributed by atoms with Crippen LogP contribution in [0.1, 0.15) is 49.9 Å². The number of amides is 4. The lowest BCUT2D eigenvalue weighted by molar-refractivity contribution is -0.139. The van der Waals surface area contributed by atoms with Gasteiger partial charge in [0.1, 0.15) is 12.1 Å². The number of nitrogens with zero attached hydrogens (tertiary/aromatic N) is 4. The lowest BCUT2D eigenvalue weighted by atomic mass is 9.97. The fourth-order valence-corrected chi connectivity index (χ4v) is 4.96. The first kappa shape index (κ1) is 26.7. The largest absolute Gasteiger partial charge is 0.481 e. The van der Waals surface area contributed by atoms with E-state index in [-0.39, 0.29) is 31.8 Å². The molecule has 1 aromatic heterocycles. The van der Waals surface area contributed by atoms with Crippen molar-refractivity contribution in [1.29, 1.82) is 0 Å². The average molecular weight is 527 g/mol. The molecule has 1 aliphatic carbocycles. The van der Waals surface area contributed by atoms with E-state index in [0.29, 0.717) is 17.9 Å². The third-order valence-corrected chi connectivity index (χ3v) is 6.81. The number of carboxylic acids is 1. The third-order valence-electron chi connectivity index (χ3n) is 6.81. The molecular formula is C24H30N8O6. The molecule has 202 valence electrons. The number of H-pyrrole nitrogens is 1. The van der Waals surface area contributed by atoms with Crippen molar-refractivity contribution in [3.05, 3.63) is 35.7 Å². The maximum absolute atomic E-state index is 13.3. The summed E-state index contributed by atoms with van der Waals surface area (Å²) in [4.78, 5) is 63.9. The zero-order chi connectivity index (χ0) is 27.1. The summed E-state index contributed by atoms with van der Waals surface area (Å²) < 4.78 is 0. The Morgan fingerprint density at radius 2 is 1.84 bits per heavy atom. The van der Waals surface area contributed by atoms with Crippen molar-refractivity contribution in [2.75, 3.05) is 11.4 Å². The van der Waals surface area contributed by atoms with Crippen molar-refractivity contribution < 1.29 is 29.1 Å². The van der Waals surface area contributed by atoms with Crippen LogP contribution in [0.2, 0.25) is 0 Å². The Morgan fingerprint density at radius 1 is 1.08 bits per heavy atom. The predicted octanol–water partition coefficient (Wildman–Crippen LogP) is -0.570. The Bertz CT molecular complexity index is 1180. The maximum Gasteiger partial charge on any atom is 0.303 e. The first-order valence-corrected chi connectivity index (χ1v) is 12.5. The molecular weight excluding hydrogens is 496 g/mol. The number of carboxylic acid groups (broad SMARTS) is 1. The van der Waals surface area contributed by atoms with Crippen molar-refractivity contribution in [2.24, 2.45) is 5.92 Å². The van der Waals surface area contributed by atoms with E-state index >= 15 is 0 Å². The summed E-state index contributed by atoms with van der Waals surface area (Å²) in [5.41, 5.74) is 1.40. The smallest absolute Gasteiger partial charge is 0.303 e. The minimum Gasteiger partial charge on any atom is -0.481 e. The fourth-order valence-electron chi connectivity index (χ4n) is 4.96. The molecule has 1 fully saturated rings. The van der Waals surface area contributed by atoms with Gasteiger partial charge in [0.2, 0.25) is 23.6 Å². The second-order valence-corrected chi connectivity index (χ2v) is 9.36. The standard InChI is InChI=1S/C24H30N8O6/c33-19(9-10-21(35)36)27-22(14-5-1-2-6-14)24(38)26-13-20(34)32-16-8-4-3-7-15(16)11-17(32)23(37)25-12-18-28-30-31-29-18/h3-4,7-8,14,17,22H,1-2,5-6,9-13H2,(H,25,37)(H,26,38)(H,27,33)(H,35,36)(H,28,29,30,31)/t17-,22?/m0/s1. The number of aliphatic carboxylic acids is 1. The van der Waals surface area contributed by atoms with Crippen LogP contribution < -0.4 is 20.9 Å². The normalized spacial score (nSPS) is 17.5. The van der Waals surface area contributed by atoms with E-state index in [0.717, 1.165) is 31.2 Å². The molecule has 0 saturated heterocycles. The molecule has 0 spiro atoms. The number of fused-ring (bicyclic) bond motifs is 1. The van der Waals surface area contributed by atoms with Gasteiger partial charge in [-0.3, -0.25) is 28.9 Å². The first-order chi connectivity index (χ1) is 18.3. The molecule has 38 heavy (non-hydrogen) atoms. The number of anilines is 1. The minimum atomic E-state index is -1.10. The molecule has 5 N–H and O–H groups in total. The Hall–Kier alpha value is -4.36.